The first kappa shape index (κ1) is 16.8. The number of hydrogen-bond acceptors (Lipinski definition) is 3. The number of aromatic hydroxyl groups is 1. The van der Waals surface area contributed by atoms with Gasteiger partial charge in [0.05, 0.1) is 11.8 Å². The lowest BCUT2D eigenvalue weighted by Crippen LogP contribution is -2.37. The van der Waals surface area contributed by atoms with E-state index in [1.807, 2.05) is 30.3 Å². The molecule has 26 heavy (non-hydrogen) atoms. The molecule has 132 valence electrons. The maximum atomic E-state index is 10.4. The maximum Gasteiger partial charge on any atom is 0.124 e. The van der Waals surface area contributed by atoms with E-state index < -0.39 is 0 Å². The zero-order valence-corrected chi connectivity index (χ0v) is 14.8. The van der Waals surface area contributed by atoms with Crippen LogP contribution in [-0.4, -0.2) is 22.9 Å². The quantitative estimate of drug-likeness (QED) is 0.679. The molecule has 1 aliphatic carbocycles. The predicted octanol–water partition coefficient (Wildman–Crippen LogP) is 4.65. The Morgan fingerprint density at radius 2 is 1.62 bits per heavy atom. The van der Waals surface area contributed by atoms with Crippen LogP contribution in [-0.2, 0) is 0 Å². The van der Waals surface area contributed by atoms with Gasteiger partial charge in [0.15, 0.2) is 0 Å². The van der Waals surface area contributed by atoms with Crippen molar-refractivity contribution in [2.75, 3.05) is 0 Å². The van der Waals surface area contributed by atoms with E-state index in [4.69, 9.17) is 10.7 Å². The van der Waals surface area contributed by atoms with Gasteiger partial charge in [-0.1, -0.05) is 61.4 Å². The van der Waals surface area contributed by atoms with Crippen LogP contribution in [0.1, 0.15) is 36.8 Å². The van der Waals surface area contributed by atoms with Crippen molar-refractivity contribution in [3.63, 3.8) is 0 Å². The highest BCUT2D eigenvalue weighted by molar-refractivity contribution is 6.15. The normalized spacial score (nSPS) is 21.0. The second kappa shape index (κ2) is 7.30. The molecule has 0 saturated heterocycles. The molecular formula is C23H24N2O. The van der Waals surface area contributed by atoms with Crippen molar-refractivity contribution < 1.29 is 5.11 Å². The summed E-state index contributed by atoms with van der Waals surface area (Å²) >= 11 is 0. The highest BCUT2D eigenvalue weighted by Crippen LogP contribution is 2.27. The Hall–Kier alpha value is -2.65. The molecule has 1 aliphatic rings. The van der Waals surface area contributed by atoms with Crippen LogP contribution in [0.25, 0.3) is 10.8 Å². The minimum absolute atomic E-state index is 0.0880. The molecule has 1 fully saturated rings. The van der Waals surface area contributed by atoms with Crippen LogP contribution in [0.15, 0.2) is 71.7 Å². The number of aliphatic imine (C=N–C) groups is 1. The van der Waals surface area contributed by atoms with E-state index in [1.165, 1.54) is 17.2 Å². The lowest BCUT2D eigenvalue weighted by Gasteiger charge is -2.26. The number of fused-ring (bicyclic) bond motifs is 1. The van der Waals surface area contributed by atoms with Gasteiger partial charge in [-0.3, -0.25) is 4.99 Å². The molecule has 0 radical (unpaired) electrons. The Morgan fingerprint density at radius 3 is 2.42 bits per heavy atom. The molecule has 0 bridgehead atoms. The van der Waals surface area contributed by atoms with E-state index in [2.05, 4.69) is 30.3 Å². The van der Waals surface area contributed by atoms with E-state index in [9.17, 15) is 5.11 Å². The standard InChI is InChI=1S/C23H24N2O/c24-20-10-4-5-11-21(20)25-23(19-9-3-6-12-22(19)26)18-14-13-16-7-1-2-8-17(16)15-18/h1-3,6-9,12-15,20-21,26H,4-5,10-11,24H2/t20-,21-/m1/s1. The maximum absolute atomic E-state index is 10.4. The van der Waals surface area contributed by atoms with Crippen LogP contribution in [0.4, 0.5) is 0 Å². The minimum Gasteiger partial charge on any atom is -0.507 e. The first-order chi connectivity index (χ1) is 12.7. The number of phenols is 1. The van der Waals surface area contributed by atoms with Crippen LogP contribution in [0.5, 0.6) is 5.75 Å². The first-order valence-electron chi connectivity index (χ1n) is 9.33. The van der Waals surface area contributed by atoms with Gasteiger partial charge in [-0.15, -0.1) is 0 Å². The van der Waals surface area contributed by atoms with Crippen molar-refractivity contribution in [3.05, 3.63) is 77.9 Å². The Bertz CT molecular complexity index is 948. The highest BCUT2D eigenvalue weighted by atomic mass is 16.3. The molecule has 0 heterocycles. The SMILES string of the molecule is N[C@@H]1CCCC[C@H]1N=C(c1ccc2ccccc2c1)c1ccccc1O. The molecule has 1 saturated carbocycles. The predicted molar refractivity (Wildman–Crippen MR) is 108 cm³/mol. The Kier molecular flexibility index (Phi) is 4.72. The summed E-state index contributed by atoms with van der Waals surface area (Å²) in [4.78, 5) is 5.06. The average Bonchev–Trinajstić information content (AvgIpc) is 2.68. The van der Waals surface area contributed by atoms with E-state index in [0.717, 1.165) is 36.1 Å². The van der Waals surface area contributed by atoms with Gasteiger partial charge in [0.25, 0.3) is 0 Å². The summed E-state index contributed by atoms with van der Waals surface area (Å²) in [5, 5.41) is 12.8. The van der Waals surface area contributed by atoms with Crippen LogP contribution < -0.4 is 5.73 Å². The van der Waals surface area contributed by atoms with Gasteiger partial charge in [0.1, 0.15) is 5.75 Å². The molecule has 0 amide bonds. The van der Waals surface area contributed by atoms with Crippen molar-refractivity contribution in [1.29, 1.82) is 0 Å². The molecule has 3 aromatic rings. The minimum atomic E-state index is 0.0880. The van der Waals surface area contributed by atoms with E-state index >= 15 is 0 Å². The molecule has 0 aromatic heterocycles. The summed E-state index contributed by atoms with van der Waals surface area (Å²) in [6, 6.07) is 22.2. The third-order valence-electron chi connectivity index (χ3n) is 5.26. The number of nitrogens with zero attached hydrogens (tertiary/aromatic N) is 1. The van der Waals surface area contributed by atoms with Gasteiger partial charge in [-0.25, -0.2) is 0 Å². The van der Waals surface area contributed by atoms with Crippen molar-refractivity contribution in [1.82, 2.24) is 0 Å². The van der Waals surface area contributed by atoms with Crippen LogP contribution in [0, 0.1) is 0 Å². The number of hydrogen-bond donors (Lipinski definition) is 2. The number of nitrogens with two attached hydrogens (primary N) is 1. The molecular weight excluding hydrogens is 320 g/mol. The summed E-state index contributed by atoms with van der Waals surface area (Å²) in [5.41, 5.74) is 8.95. The first-order valence-corrected chi connectivity index (χ1v) is 9.33. The van der Waals surface area contributed by atoms with Gasteiger partial charge >= 0.3 is 0 Å². The van der Waals surface area contributed by atoms with E-state index in [0.29, 0.717) is 0 Å². The van der Waals surface area contributed by atoms with Crippen LogP contribution in [0.2, 0.25) is 0 Å². The summed E-state index contributed by atoms with van der Waals surface area (Å²) < 4.78 is 0. The zero-order chi connectivity index (χ0) is 17.9. The van der Waals surface area contributed by atoms with Gasteiger partial charge in [-0.2, -0.15) is 0 Å². The molecule has 3 nitrogen and oxygen atoms in total. The Morgan fingerprint density at radius 1 is 0.885 bits per heavy atom. The van der Waals surface area contributed by atoms with Crippen molar-refractivity contribution in [2.45, 2.75) is 37.8 Å². The number of benzene rings is 3. The molecule has 3 heteroatoms. The summed E-state index contributed by atoms with van der Waals surface area (Å²) in [7, 11) is 0. The highest BCUT2D eigenvalue weighted by Gasteiger charge is 2.23. The van der Waals surface area contributed by atoms with Crippen molar-refractivity contribution in [2.24, 2.45) is 10.7 Å². The smallest absolute Gasteiger partial charge is 0.124 e. The van der Waals surface area contributed by atoms with Crippen molar-refractivity contribution in [3.8, 4) is 5.75 Å². The second-order valence-electron chi connectivity index (χ2n) is 7.07. The largest absolute Gasteiger partial charge is 0.507 e. The fourth-order valence-corrected chi connectivity index (χ4v) is 3.78. The van der Waals surface area contributed by atoms with Crippen LogP contribution >= 0.6 is 0 Å². The third kappa shape index (κ3) is 3.35. The topological polar surface area (TPSA) is 58.6 Å². The summed E-state index contributed by atoms with van der Waals surface area (Å²) in [5.74, 6) is 0.254. The molecule has 0 unspecified atom stereocenters. The van der Waals surface area contributed by atoms with Crippen LogP contribution in [0.3, 0.4) is 0 Å². The molecule has 3 aromatic carbocycles. The molecule has 0 aliphatic heterocycles. The monoisotopic (exact) mass is 344 g/mol. The molecule has 2 atom stereocenters. The average molecular weight is 344 g/mol. The fraction of sp³-hybridized carbons (Fsp3) is 0.261. The van der Waals surface area contributed by atoms with E-state index in [1.54, 1.807) is 6.07 Å². The van der Waals surface area contributed by atoms with Crippen molar-refractivity contribution >= 4 is 16.5 Å². The third-order valence-corrected chi connectivity index (χ3v) is 5.26. The van der Waals surface area contributed by atoms with Gasteiger partial charge in [-0.05, 0) is 41.8 Å². The molecule has 4 rings (SSSR count). The van der Waals surface area contributed by atoms with Gasteiger partial charge < -0.3 is 10.8 Å². The Labute approximate surface area is 154 Å². The lowest BCUT2D eigenvalue weighted by molar-refractivity contribution is 0.386. The second-order valence-corrected chi connectivity index (χ2v) is 7.07. The molecule has 0 spiro atoms. The lowest BCUT2D eigenvalue weighted by atomic mass is 9.90. The summed E-state index contributed by atoms with van der Waals surface area (Å²) in [6.45, 7) is 0. The molecule has 3 N–H and O–H groups in total. The zero-order valence-electron chi connectivity index (χ0n) is 14.8. The van der Waals surface area contributed by atoms with E-state index in [-0.39, 0.29) is 17.8 Å². The Balaban J connectivity index is 1.85. The fourth-order valence-electron chi connectivity index (χ4n) is 3.78. The number of phenolic OH excluding ortho intramolecular Hbond substituents is 1. The summed E-state index contributed by atoms with van der Waals surface area (Å²) in [6.07, 6.45) is 4.36. The number of rotatable bonds is 3. The van der Waals surface area contributed by atoms with Gasteiger partial charge in [0, 0.05) is 17.2 Å². The van der Waals surface area contributed by atoms with Gasteiger partial charge in [0.2, 0.25) is 0 Å². The number of para-hydroxylation sites is 1.